The smallest absolute Gasteiger partial charge is 0.206 e. The van der Waals surface area contributed by atoms with Crippen LogP contribution in [0.4, 0.5) is 0 Å². The summed E-state index contributed by atoms with van der Waals surface area (Å²) in [6.45, 7) is 3.26. The number of hydrogen-bond donors (Lipinski definition) is 1. The van der Waals surface area contributed by atoms with Crippen molar-refractivity contribution in [3.63, 3.8) is 0 Å². The van der Waals surface area contributed by atoms with Gasteiger partial charge in [0.25, 0.3) is 10.0 Å². The number of nitrogens with one attached hydrogen (secondary N) is 1. The molecule has 6 heteroatoms. The van der Waals surface area contributed by atoms with Gasteiger partial charge < -0.3 is 0 Å². The Bertz CT molecular complexity index is 496. The van der Waals surface area contributed by atoms with Gasteiger partial charge in [0.15, 0.2) is 0 Å². The van der Waals surface area contributed by atoms with Gasteiger partial charge in [0.1, 0.15) is 4.21 Å². The van der Waals surface area contributed by atoms with E-state index in [1.54, 1.807) is 25.3 Å². The fourth-order valence-corrected chi connectivity index (χ4v) is 4.57. The summed E-state index contributed by atoms with van der Waals surface area (Å²) in [7, 11) is -3.54. The lowest BCUT2D eigenvalue weighted by molar-refractivity contribution is 0.540. The zero-order valence-electron chi connectivity index (χ0n) is 8.24. The van der Waals surface area contributed by atoms with Gasteiger partial charge in [-0.15, -0.1) is 17.8 Å². The molecule has 0 spiro atoms. The normalized spacial score (nSPS) is 12.4. The second-order valence-corrected chi connectivity index (χ2v) is 7.08. The van der Waals surface area contributed by atoms with Gasteiger partial charge in [-0.1, -0.05) is 5.92 Å². The predicted octanol–water partition coefficient (Wildman–Crippen LogP) is 2.20. The summed E-state index contributed by atoms with van der Waals surface area (Å²) in [6, 6.07) is 1.68. The molecule has 0 aromatic carbocycles. The van der Waals surface area contributed by atoms with Crippen LogP contribution in [-0.2, 0) is 10.0 Å². The number of thiophene rings is 1. The van der Waals surface area contributed by atoms with Crippen LogP contribution in [0, 0.1) is 12.3 Å². The Morgan fingerprint density at radius 3 is 2.60 bits per heavy atom. The molecule has 0 aliphatic rings. The van der Waals surface area contributed by atoms with Crippen LogP contribution in [0.1, 0.15) is 13.8 Å². The molecule has 0 aliphatic carbocycles. The molecule has 0 aliphatic heterocycles. The molecule has 0 bridgehead atoms. The van der Waals surface area contributed by atoms with Crippen molar-refractivity contribution < 1.29 is 8.42 Å². The number of rotatable bonds is 3. The number of sulfonamides is 1. The minimum Gasteiger partial charge on any atom is -0.206 e. The lowest BCUT2D eigenvalue weighted by Crippen LogP contribution is -2.41. The molecule has 0 amide bonds. The zero-order valence-corrected chi connectivity index (χ0v) is 11.5. The Hall–Kier alpha value is -0.350. The van der Waals surface area contributed by atoms with Crippen molar-refractivity contribution in [1.82, 2.24) is 4.72 Å². The first-order valence-corrected chi connectivity index (χ1v) is 7.19. The van der Waals surface area contributed by atoms with Gasteiger partial charge in [0.2, 0.25) is 0 Å². The van der Waals surface area contributed by atoms with Gasteiger partial charge in [-0.25, -0.2) is 8.42 Å². The van der Waals surface area contributed by atoms with Gasteiger partial charge in [-0.2, -0.15) is 4.72 Å². The third-order valence-corrected chi connectivity index (χ3v) is 5.90. The van der Waals surface area contributed by atoms with E-state index in [2.05, 4.69) is 26.6 Å². The zero-order chi connectivity index (χ0) is 11.7. The van der Waals surface area contributed by atoms with E-state index in [1.165, 1.54) is 0 Å². The summed E-state index contributed by atoms with van der Waals surface area (Å²) >= 11 is 4.31. The van der Waals surface area contributed by atoms with E-state index < -0.39 is 15.6 Å². The maximum absolute atomic E-state index is 11.9. The average molecular weight is 308 g/mol. The fourth-order valence-electron chi connectivity index (χ4n) is 0.883. The highest BCUT2D eigenvalue weighted by atomic mass is 79.9. The molecule has 0 unspecified atom stereocenters. The predicted molar refractivity (Wildman–Crippen MR) is 65.3 cm³/mol. The molecule has 1 heterocycles. The van der Waals surface area contributed by atoms with Crippen LogP contribution in [0.15, 0.2) is 20.1 Å². The summed E-state index contributed by atoms with van der Waals surface area (Å²) in [5.74, 6) is 2.38. The second kappa shape index (κ2) is 4.26. The summed E-state index contributed by atoms with van der Waals surface area (Å²) in [6.07, 6.45) is 5.22. The Morgan fingerprint density at radius 2 is 2.20 bits per heavy atom. The Kier molecular flexibility index (Phi) is 3.61. The number of terminal acetylenes is 1. The highest BCUT2D eigenvalue weighted by Gasteiger charge is 2.26. The molecule has 0 atom stereocenters. The largest absolute Gasteiger partial charge is 0.252 e. The van der Waals surface area contributed by atoms with Gasteiger partial charge in [0, 0.05) is 4.47 Å². The summed E-state index contributed by atoms with van der Waals surface area (Å²) in [4.78, 5) is 0. The quantitative estimate of drug-likeness (QED) is 0.870. The molecule has 0 fully saturated rings. The van der Waals surface area contributed by atoms with Crippen LogP contribution in [0.2, 0.25) is 0 Å². The van der Waals surface area contributed by atoms with Crippen LogP contribution >= 0.6 is 27.3 Å². The van der Waals surface area contributed by atoms with Gasteiger partial charge in [0.05, 0.1) is 5.54 Å². The molecular formula is C9H10BrNO2S2. The van der Waals surface area contributed by atoms with E-state index >= 15 is 0 Å². The number of hydrogen-bond acceptors (Lipinski definition) is 3. The van der Waals surface area contributed by atoms with Crippen molar-refractivity contribution in [3.05, 3.63) is 15.9 Å². The third-order valence-electron chi connectivity index (χ3n) is 1.58. The van der Waals surface area contributed by atoms with E-state index in [9.17, 15) is 8.42 Å². The third kappa shape index (κ3) is 3.05. The Labute approximate surface area is 102 Å². The number of halogens is 1. The first kappa shape index (κ1) is 12.7. The highest BCUT2D eigenvalue weighted by Crippen LogP contribution is 2.28. The maximum Gasteiger partial charge on any atom is 0.252 e. The second-order valence-electron chi connectivity index (χ2n) is 3.43. The molecule has 82 valence electrons. The molecule has 1 aromatic heterocycles. The van der Waals surface area contributed by atoms with Crippen LogP contribution in [0.3, 0.4) is 0 Å². The van der Waals surface area contributed by atoms with Crippen LogP contribution in [0.25, 0.3) is 0 Å². The van der Waals surface area contributed by atoms with Crippen molar-refractivity contribution in [2.75, 3.05) is 0 Å². The van der Waals surface area contributed by atoms with E-state index in [4.69, 9.17) is 6.42 Å². The van der Waals surface area contributed by atoms with Crippen LogP contribution in [-0.4, -0.2) is 14.0 Å². The molecule has 1 aromatic rings. The van der Waals surface area contributed by atoms with Gasteiger partial charge in [-0.3, -0.25) is 0 Å². The molecule has 15 heavy (non-hydrogen) atoms. The standard InChI is InChI=1S/C9H10BrNO2S2/c1-4-9(2,3)11-15(12,13)8-7(10)5-6-14-8/h1,5-6,11H,2-3H3. The van der Waals surface area contributed by atoms with E-state index in [1.807, 2.05) is 0 Å². The van der Waals surface area contributed by atoms with Crippen molar-refractivity contribution in [2.24, 2.45) is 0 Å². The first-order chi connectivity index (χ1) is 6.78. The molecule has 3 nitrogen and oxygen atoms in total. The van der Waals surface area contributed by atoms with Gasteiger partial charge in [-0.05, 0) is 41.2 Å². The summed E-state index contributed by atoms with van der Waals surface area (Å²) < 4.78 is 27.0. The maximum atomic E-state index is 11.9. The van der Waals surface area contributed by atoms with Crippen molar-refractivity contribution in [3.8, 4) is 12.3 Å². The average Bonchev–Trinajstić information content (AvgIpc) is 2.50. The Balaban J connectivity index is 3.08. The topological polar surface area (TPSA) is 46.2 Å². The minimum absolute atomic E-state index is 0.242. The minimum atomic E-state index is -3.54. The van der Waals surface area contributed by atoms with Crippen molar-refractivity contribution >= 4 is 37.3 Å². The first-order valence-electron chi connectivity index (χ1n) is 4.03. The lowest BCUT2D eigenvalue weighted by Gasteiger charge is -2.18. The van der Waals surface area contributed by atoms with Crippen LogP contribution in [0.5, 0.6) is 0 Å². The molecule has 1 rings (SSSR count). The molecule has 0 saturated heterocycles. The van der Waals surface area contributed by atoms with E-state index in [0.29, 0.717) is 4.47 Å². The molecule has 1 N–H and O–H groups in total. The lowest BCUT2D eigenvalue weighted by atomic mass is 10.1. The summed E-state index contributed by atoms with van der Waals surface area (Å²) in [5.41, 5.74) is -0.887. The fraction of sp³-hybridized carbons (Fsp3) is 0.333. The van der Waals surface area contributed by atoms with Gasteiger partial charge >= 0.3 is 0 Å². The van der Waals surface area contributed by atoms with E-state index in [-0.39, 0.29) is 4.21 Å². The molecular weight excluding hydrogens is 298 g/mol. The molecule has 0 saturated carbocycles. The van der Waals surface area contributed by atoms with Crippen molar-refractivity contribution in [1.29, 1.82) is 0 Å². The van der Waals surface area contributed by atoms with Crippen molar-refractivity contribution in [2.45, 2.75) is 23.6 Å². The monoisotopic (exact) mass is 307 g/mol. The highest BCUT2D eigenvalue weighted by molar-refractivity contribution is 9.10. The van der Waals surface area contributed by atoms with Crippen LogP contribution < -0.4 is 4.72 Å². The SMILES string of the molecule is C#CC(C)(C)NS(=O)(=O)c1sccc1Br. The Morgan fingerprint density at radius 1 is 1.60 bits per heavy atom. The van der Waals surface area contributed by atoms with E-state index in [0.717, 1.165) is 11.3 Å². The summed E-state index contributed by atoms with van der Waals surface area (Å²) in [5, 5.41) is 1.70. The molecule has 0 radical (unpaired) electrons.